The molecular weight excluding hydrogens is 940 g/mol. The number of unbranched alkanes of at least 4 members (excludes halogenated alkanes) is 28. The smallest absolute Gasteiger partial charge is 0.456 e. The van der Waals surface area contributed by atoms with Crippen molar-refractivity contribution < 1.29 is 37.3 Å². The highest BCUT2D eigenvalue weighted by molar-refractivity contribution is 7.47. The van der Waals surface area contributed by atoms with Crippen LogP contribution in [0.5, 0.6) is 0 Å². The van der Waals surface area contributed by atoms with Crippen molar-refractivity contribution in [1.29, 1.82) is 0 Å². The molecule has 0 heterocycles. The Morgan fingerprint density at radius 2 is 0.919 bits per heavy atom. The van der Waals surface area contributed by atoms with Gasteiger partial charge < -0.3 is 19.4 Å². The van der Waals surface area contributed by atoms with E-state index in [2.05, 4.69) is 99.0 Å². The van der Waals surface area contributed by atoms with Crippen molar-refractivity contribution in [3.63, 3.8) is 0 Å². The summed E-state index contributed by atoms with van der Waals surface area (Å²) < 4.78 is 30.6. The molecule has 428 valence electrons. The van der Waals surface area contributed by atoms with Crippen LogP contribution in [0.15, 0.2) is 85.1 Å². The van der Waals surface area contributed by atoms with Gasteiger partial charge in [0, 0.05) is 12.8 Å². The summed E-state index contributed by atoms with van der Waals surface area (Å²) in [7, 11) is 1.47. The molecule has 0 aliphatic heterocycles. The second kappa shape index (κ2) is 53.6. The average Bonchev–Trinajstić information content (AvgIpc) is 3.36. The Bertz CT molecular complexity index is 1540. The number of phosphoric ester groups is 1. The third kappa shape index (κ3) is 54.0. The van der Waals surface area contributed by atoms with Gasteiger partial charge in [-0.1, -0.05) is 241 Å². The van der Waals surface area contributed by atoms with Crippen molar-refractivity contribution in [1.82, 2.24) is 5.32 Å². The molecule has 0 aromatic carbocycles. The lowest BCUT2D eigenvalue weighted by Crippen LogP contribution is -2.47. The molecule has 9 nitrogen and oxygen atoms in total. The molecule has 3 unspecified atom stereocenters. The summed E-state index contributed by atoms with van der Waals surface area (Å²) in [5.41, 5.74) is 0. The fourth-order valence-corrected chi connectivity index (χ4v) is 9.15. The molecule has 0 fully saturated rings. The molecule has 0 saturated heterocycles. The molecule has 0 bridgehead atoms. The van der Waals surface area contributed by atoms with E-state index in [0.717, 1.165) is 96.3 Å². The van der Waals surface area contributed by atoms with Crippen LogP contribution in [0.25, 0.3) is 0 Å². The second-order valence-corrected chi connectivity index (χ2v) is 23.0. The zero-order valence-corrected chi connectivity index (χ0v) is 49.7. The van der Waals surface area contributed by atoms with E-state index in [9.17, 15) is 19.0 Å². The van der Waals surface area contributed by atoms with Crippen LogP contribution < -0.4 is 5.32 Å². The van der Waals surface area contributed by atoms with Crippen LogP contribution in [0.2, 0.25) is 0 Å². The maximum absolute atomic E-state index is 13.5. The second-order valence-electron chi connectivity index (χ2n) is 21.6. The lowest BCUT2D eigenvalue weighted by Gasteiger charge is -2.27. The number of carbonyl (C=O) groups is 2. The minimum absolute atomic E-state index is 0.0320. The molecule has 0 spiro atoms. The fraction of sp³-hybridized carbons (Fsp3) is 0.750. The standard InChI is InChI=1S/C64H115N2O7P/c1-7-10-13-16-19-22-25-28-29-30-31-32-33-34-35-36-37-39-42-45-48-51-54-57-64(68)73-62(55-52-49-46-43-40-27-24-21-18-15-12-9-3)61(60-72-74(69,70)71-59-58-66(4,5)6)65-63(67)56-53-50-47-44-41-38-26-23-20-17-14-11-8-2/h11,14,17,19-20,22-23,26,28-29,31-32,52,55,61-62H,7-10,12-13,15-16,18,21,24-25,27,30,33-51,53-54,56-60H2,1-6H3,(H-,65,67,69,70)/p+1/b14-11+,20-17+,22-19-,26-23-,29-28-,32-31-,55-52-. The normalized spacial score (nSPS) is 14.3. The Morgan fingerprint density at radius 3 is 1.43 bits per heavy atom. The Hall–Kier alpha value is -2.81. The van der Waals surface area contributed by atoms with E-state index in [0.29, 0.717) is 17.4 Å². The first-order valence-electron chi connectivity index (χ1n) is 30.4. The minimum atomic E-state index is -4.46. The first-order chi connectivity index (χ1) is 35.9. The van der Waals surface area contributed by atoms with Gasteiger partial charge >= 0.3 is 13.8 Å². The molecule has 0 aromatic rings. The highest BCUT2D eigenvalue weighted by Crippen LogP contribution is 2.43. The highest BCUT2D eigenvalue weighted by Gasteiger charge is 2.30. The molecule has 0 aliphatic carbocycles. The van der Waals surface area contributed by atoms with Gasteiger partial charge in [0.2, 0.25) is 5.91 Å². The monoisotopic (exact) mass is 1060 g/mol. The number of nitrogens with one attached hydrogen (secondary N) is 1. The van der Waals surface area contributed by atoms with Gasteiger partial charge in [0.15, 0.2) is 0 Å². The molecule has 0 saturated carbocycles. The largest absolute Gasteiger partial charge is 0.472 e. The van der Waals surface area contributed by atoms with E-state index < -0.39 is 20.0 Å². The van der Waals surface area contributed by atoms with Crippen LogP contribution in [0, 0.1) is 0 Å². The van der Waals surface area contributed by atoms with Crippen molar-refractivity contribution in [2.24, 2.45) is 0 Å². The van der Waals surface area contributed by atoms with E-state index in [1.807, 2.05) is 33.3 Å². The Labute approximate surface area is 456 Å². The van der Waals surface area contributed by atoms with Crippen molar-refractivity contribution in [2.75, 3.05) is 40.9 Å². The van der Waals surface area contributed by atoms with Crippen molar-refractivity contribution in [2.45, 2.75) is 270 Å². The molecule has 0 aromatic heterocycles. The summed E-state index contributed by atoms with van der Waals surface area (Å²) in [6.45, 7) is 6.83. The number of quaternary nitrogens is 1. The van der Waals surface area contributed by atoms with Crippen LogP contribution in [-0.2, 0) is 27.9 Å². The van der Waals surface area contributed by atoms with E-state index in [1.165, 1.54) is 128 Å². The quantitative estimate of drug-likeness (QED) is 0.0156. The SMILES string of the molecule is CC/C=C/C=C/C=C\CCCCCCCC(=O)NC(COP(=O)(O)OCC[N+](C)(C)C)C(/C=C\CCCCCCCCCCCC)OC(=O)CCCCCCCCCCCC/C=C\C/C=C\C/C=C\CCCCC. The molecule has 74 heavy (non-hydrogen) atoms. The summed E-state index contributed by atoms with van der Waals surface area (Å²) in [4.78, 5) is 37.6. The number of hydrogen-bond acceptors (Lipinski definition) is 6. The summed E-state index contributed by atoms with van der Waals surface area (Å²) in [6, 6.07) is -0.863. The van der Waals surface area contributed by atoms with Crippen molar-refractivity contribution in [3.8, 4) is 0 Å². The number of esters is 1. The number of allylic oxidation sites excluding steroid dienone is 13. The predicted octanol–water partition coefficient (Wildman–Crippen LogP) is 18.6. The third-order valence-electron chi connectivity index (χ3n) is 13.1. The maximum Gasteiger partial charge on any atom is 0.472 e. The molecule has 3 atom stereocenters. The van der Waals surface area contributed by atoms with Crippen molar-refractivity contribution >= 4 is 19.7 Å². The van der Waals surface area contributed by atoms with Gasteiger partial charge in [0.1, 0.15) is 19.3 Å². The van der Waals surface area contributed by atoms with Gasteiger partial charge in [-0.2, -0.15) is 0 Å². The van der Waals surface area contributed by atoms with Crippen LogP contribution in [0.4, 0.5) is 0 Å². The van der Waals surface area contributed by atoms with Crippen LogP contribution in [-0.4, -0.2) is 74.3 Å². The molecule has 2 N–H and O–H groups in total. The number of carbonyl (C=O) groups excluding carboxylic acids is 2. The lowest BCUT2D eigenvalue weighted by atomic mass is 10.0. The van der Waals surface area contributed by atoms with Crippen molar-refractivity contribution in [3.05, 3.63) is 85.1 Å². The summed E-state index contributed by atoms with van der Waals surface area (Å²) in [5, 5.41) is 3.04. The number of phosphoric acid groups is 1. The van der Waals surface area contributed by atoms with Gasteiger partial charge in [-0.25, -0.2) is 4.57 Å². The van der Waals surface area contributed by atoms with Crippen LogP contribution in [0.1, 0.15) is 258 Å². The van der Waals surface area contributed by atoms with Crippen LogP contribution >= 0.6 is 7.82 Å². The number of amides is 1. The van der Waals surface area contributed by atoms with E-state index >= 15 is 0 Å². The fourth-order valence-electron chi connectivity index (χ4n) is 8.42. The topological polar surface area (TPSA) is 111 Å². The zero-order chi connectivity index (χ0) is 54.3. The average molecular weight is 1060 g/mol. The molecule has 0 aliphatic rings. The predicted molar refractivity (Wildman–Crippen MR) is 318 cm³/mol. The highest BCUT2D eigenvalue weighted by atomic mass is 31.2. The van der Waals surface area contributed by atoms with Gasteiger partial charge in [0.05, 0.1) is 33.8 Å². The Balaban J connectivity index is 5.21. The number of nitrogens with zero attached hydrogens (tertiary/aromatic N) is 1. The van der Waals surface area contributed by atoms with Crippen LogP contribution in [0.3, 0.4) is 0 Å². The molecule has 1 amide bonds. The Kier molecular flexibility index (Phi) is 51.5. The number of rotatable bonds is 54. The van der Waals surface area contributed by atoms with Gasteiger partial charge in [-0.3, -0.25) is 18.6 Å². The summed E-state index contributed by atoms with van der Waals surface area (Å²) >= 11 is 0. The third-order valence-corrected chi connectivity index (χ3v) is 14.1. The zero-order valence-electron chi connectivity index (χ0n) is 48.8. The van der Waals surface area contributed by atoms with E-state index in [1.54, 1.807) is 0 Å². The maximum atomic E-state index is 13.5. The van der Waals surface area contributed by atoms with Gasteiger partial charge in [-0.15, -0.1) is 0 Å². The molecule has 0 rings (SSSR count). The lowest BCUT2D eigenvalue weighted by molar-refractivity contribution is -0.870. The summed E-state index contributed by atoms with van der Waals surface area (Å²) in [5.74, 6) is -0.535. The number of hydrogen-bond donors (Lipinski definition) is 2. The molecular formula is C64H116N2O7P+. The minimum Gasteiger partial charge on any atom is -0.456 e. The number of ether oxygens (including phenoxy) is 1. The first-order valence-corrected chi connectivity index (χ1v) is 31.9. The van der Waals surface area contributed by atoms with E-state index in [-0.39, 0.29) is 31.5 Å². The summed E-state index contributed by atoms with van der Waals surface area (Å²) in [6.07, 6.45) is 70.1. The first kappa shape index (κ1) is 71.2. The van der Waals surface area contributed by atoms with E-state index in [4.69, 9.17) is 13.8 Å². The van der Waals surface area contributed by atoms with Gasteiger partial charge in [-0.05, 0) is 89.5 Å². The van der Waals surface area contributed by atoms with Gasteiger partial charge in [0.25, 0.3) is 0 Å². The molecule has 0 radical (unpaired) electrons. The number of likely N-dealkylation sites (N-methyl/N-ethyl adjacent to an activating group) is 1. The molecule has 10 heteroatoms. The Morgan fingerprint density at radius 1 is 0.500 bits per heavy atom.